The average molecular weight is 630 g/mol. The molecule has 2 atom stereocenters. The normalized spacial score (nSPS) is 20.4. The molecule has 5 rings (SSSR count). The number of amides is 2. The van der Waals surface area contributed by atoms with E-state index in [1.54, 1.807) is 18.2 Å². The van der Waals surface area contributed by atoms with Gasteiger partial charge in [-0.05, 0) is 31.2 Å². The molecular weight excluding hydrogens is 602 g/mol. The average Bonchev–Trinajstić information content (AvgIpc) is 3.50. The molecule has 40 heavy (non-hydrogen) atoms. The second-order valence-corrected chi connectivity index (χ2v) is 15.1. The van der Waals surface area contributed by atoms with Gasteiger partial charge in [0.05, 0.1) is 18.0 Å². The molecule has 2 aromatic heterocycles. The monoisotopic (exact) mass is 629 g/mol. The van der Waals surface area contributed by atoms with Crippen LogP contribution in [0.4, 0.5) is 0 Å². The van der Waals surface area contributed by atoms with E-state index < -0.39 is 37.9 Å². The lowest BCUT2D eigenvalue weighted by Crippen LogP contribution is -2.58. The van der Waals surface area contributed by atoms with E-state index in [9.17, 15) is 26.4 Å². The van der Waals surface area contributed by atoms with Crippen molar-refractivity contribution in [1.82, 2.24) is 34.7 Å². The van der Waals surface area contributed by atoms with Crippen molar-refractivity contribution in [3.8, 4) is 0 Å². The smallest absolute Gasteiger partial charge is 0.283 e. The molecule has 0 radical (unpaired) electrons. The maximum atomic E-state index is 13.6. The Morgan fingerprint density at radius 2 is 1.98 bits per heavy atom. The highest BCUT2D eigenvalue weighted by Gasteiger charge is 2.39. The number of benzene rings is 1. The number of carbonyl (C=O) groups is 2. The summed E-state index contributed by atoms with van der Waals surface area (Å²) in [6, 6.07) is 5.81. The van der Waals surface area contributed by atoms with Gasteiger partial charge in [-0.15, -0.1) is 16.2 Å². The van der Waals surface area contributed by atoms with Gasteiger partial charge in [0, 0.05) is 65.9 Å². The molecule has 0 bridgehead atoms. The number of thiazole rings is 1. The molecule has 2 aliphatic heterocycles. The maximum absolute atomic E-state index is 13.6. The predicted molar refractivity (Wildman–Crippen MR) is 150 cm³/mol. The number of H-pyrrole nitrogens is 1. The molecule has 0 saturated carbocycles. The summed E-state index contributed by atoms with van der Waals surface area (Å²) in [6.07, 6.45) is 1.22. The highest BCUT2D eigenvalue weighted by molar-refractivity contribution is 7.89. The second kappa shape index (κ2) is 11.0. The lowest BCUT2D eigenvalue weighted by Gasteiger charge is -2.40. The van der Waals surface area contributed by atoms with Crippen LogP contribution in [-0.2, 0) is 37.8 Å². The van der Waals surface area contributed by atoms with Gasteiger partial charge in [-0.1, -0.05) is 11.6 Å². The molecule has 2 unspecified atom stereocenters. The van der Waals surface area contributed by atoms with Gasteiger partial charge in [0.1, 0.15) is 5.03 Å². The van der Waals surface area contributed by atoms with Crippen molar-refractivity contribution in [1.29, 1.82) is 0 Å². The number of nitrogens with zero attached hydrogens (tertiary/aromatic N) is 3. The Bertz CT molecular complexity index is 1690. The highest BCUT2D eigenvalue weighted by atomic mass is 35.5. The van der Waals surface area contributed by atoms with Crippen molar-refractivity contribution in [3.05, 3.63) is 44.9 Å². The van der Waals surface area contributed by atoms with Crippen molar-refractivity contribution in [2.45, 2.75) is 43.4 Å². The summed E-state index contributed by atoms with van der Waals surface area (Å²) in [7, 11) is -7.75. The topological polar surface area (TPSA) is 174 Å². The first-order chi connectivity index (χ1) is 18.8. The first-order valence-electron chi connectivity index (χ1n) is 12.4. The fourth-order valence-corrected chi connectivity index (χ4v) is 7.74. The molecule has 4 heterocycles. The molecule has 1 fully saturated rings. The number of fused-ring (bicyclic) bond motifs is 2. The zero-order valence-corrected chi connectivity index (χ0v) is 24.8. The number of rotatable bonds is 7. The number of piperazine rings is 1. The van der Waals surface area contributed by atoms with Crippen LogP contribution in [0.2, 0.25) is 5.02 Å². The van der Waals surface area contributed by atoms with Crippen molar-refractivity contribution in [3.63, 3.8) is 0 Å². The van der Waals surface area contributed by atoms with Gasteiger partial charge in [-0.2, -0.15) is 4.31 Å². The minimum Gasteiger partial charge on any atom is -0.345 e. The number of hydrogen-bond acceptors (Lipinski definition) is 9. The number of nitrogens with one attached hydrogen (secondary N) is 4. The highest BCUT2D eigenvalue weighted by Crippen LogP contribution is 2.29. The first-order valence-corrected chi connectivity index (χ1v) is 16.9. The Morgan fingerprint density at radius 3 is 2.73 bits per heavy atom. The number of aromatic nitrogens is 2. The van der Waals surface area contributed by atoms with Gasteiger partial charge < -0.3 is 15.2 Å². The summed E-state index contributed by atoms with van der Waals surface area (Å²) in [5.74, 6) is -1.12. The van der Waals surface area contributed by atoms with Gasteiger partial charge in [0.15, 0.2) is 5.01 Å². The van der Waals surface area contributed by atoms with Gasteiger partial charge >= 0.3 is 0 Å². The predicted octanol–water partition coefficient (Wildman–Crippen LogP) is 0.798. The summed E-state index contributed by atoms with van der Waals surface area (Å²) in [5.41, 5.74) is 3.55. The van der Waals surface area contributed by atoms with Crippen molar-refractivity contribution in [2.75, 3.05) is 25.9 Å². The van der Waals surface area contributed by atoms with E-state index in [4.69, 9.17) is 11.6 Å². The van der Waals surface area contributed by atoms with E-state index in [-0.39, 0.29) is 42.1 Å². The minimum atomic E-state index is -4.03. The molecule has 13 nitrogen and oxygen atoms in total. The standard InChI is InChI=1S/C23H28ClN7O6S3/c1-13-7-18-19(11-25-13)38-22(27-18)23(33)31-6-5-30(12-16(31)10-20(32)28-29-39(2,34)35)40(36,37)21-9-14-8-15(24)3-4-17(14)26-21/h3-4,8-9,13,16,25-26,29H,5-7,10-12H2,1-2H3,(H,28,32). The Kier molecular flexibility index (Phi) is 7.95. The third-order valence-corrected chi connectivity index (χ3v) is 10.3. The second-order valence-electron chi connectivity index (χ2n) is 9.88. The van der Waals surface area contributed by atoms with Crippen LogP contribution in [0.3, 0.4) is 0 Å². The molecule has 2 aliphatic rings. The fraction of sp³-hybridized carbons (Fsp3) is 0.435. The van der Waals surface area contributed by atoms with Gasteiger partial charge in [0.25, 0.3) is 15.9 Å². The maximum Gasteiger partial charge on any atom is 0.283 e. The SMILES string of the molecule is CC1Cc2nc(C(=O)N3CCN(S(=O)(=O)c4cc5cc(Cl)ccc5[nH]4)CC3CC(=O)NNS(C)(=O)=O)sc2CN1. The van der Waals surface area contributed by atoms with Gasteiger partial charge in [-0.25, -0.2) is 21.8 Å². The Labute approximate surface area is 240 Å². The van der Waals surface area contributed by atoms with Crippen LogP contribution >= 0.6 is 22.9 Å². The third-order valence-electron chi connectivity index (χ3n) is 6.75. The number of sulfonamides is 2. The van der Waals surface area contributed by atoms with Crippen molar-refractivity contribution >= 4 is 65.7 Å². The molecule has 1 aromatic carbocycles. The van der Waals surface area contributed by atoms with Crippen LogP contribution in [-0.4, -0.2) is 85.8 Å². The van der Waals surface area contributed by atoms with Crippen molar-refractivity contribution < 1.29 is 26.4 Å². The van der Waals surface area contributed by atoms with Crippen LogP contribution < -0.4 is 15.6 Å². The lowest BCUT2D eigenvalue weighted by atomic mass is 10.1. The number of carbonyl (C=O) groups excluding carboxylic acids is 2. The van der Waals surface area contributed by atoms with Crippen molar-refractivity contribution in [2.24, 2.45) is 0 Å². The van der Waals surface area contributed by atoms with E-state index in [1.807, 2.05) is 11.8 Å². The zero-order valence-electron chi connectivity index (χ0n) is 21.6. The van der Waals surface area contributed by atoms with E-state index in [2.05, 4.69) is 20.7 Å². The molecule has 0 spiro atoms. The third kappa shape index (κ3) is 6.17. The van der Waals surface area contributed by atoms with E-state index in [0.29, 0.717) is 28.9 Å². The largest absolute Gasteiger partial charge is 0.345 e. The Balaban J connectivity index is 1.40. The quantitative estimate of drug-likeness (QED) is 0.278. The Morgan fingerprint density at radius 1 is 1.20 bits per heavy atom. The summed E-state index contributed by atoms with van der Waals surface area (Å²) in [4.78, 5) is 38.0. The molecule has 4 N–H and O–H groups in total. The number of hydrogen-bond donors (Lipinski definition) is 4. The zero-order chi connectivity index (χ0) is 28.8. The van der Waals surface area contributed by atoms with Crippen LogP contribution in [0.25, 0.3) is 10.9 Å². The molecule has 1 saturated heterocycles. The van der Waals surface area contributed by atoms with Gasteiger partial charge in [0.2, 0.25) is 15.9 Å². The first kappa shape index (κ1) is 28.9. The molecule has 216 valence electrons. The lowest BCUT2D eigenvalue weighted by molar-refractivity contribution is -0.122. The molecule has 3 aromatic rings. The van der Waals surface area contributed by atoms with E-state index in [0.717, 1.165) is 16.8 Å². The molecule has 0 aliphatic carbocycles. The van der Waals surface area contributed by atoms with Gasteiger partial charge in [-0.3, -0.25) is 15.0 Å². The van der Waals surface area contributed by atoms with Crippen LogP contribution in [0.5, 0.6) is 0 Å². The number of aromatic amines is 1. The van der Waals surface area contributed by atoms with E-state index in [1.165, 1.54) is 26.6 Å². The molecule has 2 amide bonds. The summed E-state index contributed by atoms with van der Waals surface area (Å²) >= 11 is 7.32. The molecular formula is C23H28ClN7O6S3. The van der Waals surface area contributed by atoms with Crippen LogP contribution in [0.1, 0.15) is 33.7 Å². The fourth-order valence-electron chi connectivity index (χ4n) is 4.78. The van der Waals surface area contributed by atoms with E-state index >= 15 is 0 Å². The molecule has 17 heteroatoms. The summed E-state index contributed by atoms with van der Waals surface area (Å²) in [5, 5.41) is 4.65. The summed E-state index contributed by atoms with van der Waals surface area (Å²) < 4.78 is 51.3. The Hall–Kier alpha value is -2.60. The minimum absolute atomic E-state index is 0.00637. The van der Waals surface area contributed by atoms with Crippen LogP contribution in [0.15, 0.2) is 29.3 Å². The summed E-state index contributed by atoms with van der Waals surface area (Å²) in [6.45, 7) is 2.46. The van der Waals surface area contributed by atoms with Crippen LogP contribution in [0, 0.1) is 0 Å². The number of halogens is 1. The number of hydrazine groups is 1.